The van der Waals surface area contributed by atoms with Crippen molar-refractivity contribution >= 4 is 55.7 Å². The summed E-state index contributed by atoms with van der Waals surface area (Å²) in [5.41, 5.74) is 1.38. The maximum atomic E-state index is 15.9. The number of nitrogens with one attached hydrogen (secondary N) is 1. The maximum Gasteiger partial charge on any atom is 0.308 e. The SMILES string of the molecule is CCOC(=O)C1CCC(OC(C(=O)Cc2cc(Cl)c(NC(=O)c3cn(C)c4ccccc34)cc2F)(N2CCCC2)N2CCS(=O)(=O)CC2)CC1. The Balaban J connectivity index is 1.27. The van der Waals surface area contributed by atoms with E-state index in [1.165, 1.54) is 6.07 Å². The fourth-order valence-electron chi connectivity index (χ4n) is 7.53. The molecule has 270 valence electrons. The van der Waals surface area contributed by atoms with Crippen LogP contribution in [0, 0.1) is 11.7 Å². The van der Waals surface area contributed by atoms with Crippen molar-refractivity contribution in [2.75, 3.05) is 49.6 Å². The molecule has 1 aromatic heterocycles. The number of nitrogens with zero attached hydrogens (tertiary/aromatic N) is 3. The Morgan fingerprint density at radius 3 is 2.34 bits per heavy atom. The monoisotopic (exact) mass is 730 g/mol. The van der Waals surface area contributed by atoms with Crippen LogP contribution in [0.3, 0.4) is 0 Å². The van der Waals surface area contributed by atoms with Crippen molar-refractivity contribution in [3.8, 4) is 0 Å². The van der Waals surface area contributed by atoms with Crippen LogP contribution >= 0.6 is 11.6 Å². The highest BCUT2D eigenvalue weighted by Crippen LogP contribution is 2.37. The fraction of sp³-hybridized carbons (Fsp3) is 0.528. The van der Waals surface area contributed by atoms with Crippen LogP contribution in [0.1, 0.15) is 61.4 Å². The van der Waals surface area contributed by atoms with Gasteiger partial charge >= 0.3 is 5.97 Å². The minimum absolute atomic E-state index is 0.0333. The number of para-hydroxylation sites is 1. The number of aryl methyl sites for hydroxylation is 1. The molecule has 1 atom stereocenters. The van der Waals surface area contributed by atoms with Gasteiger partial charge in [0.25, 0.3) is 5.91 Å². The van der Waals surface area contributed by atoms with E-state index in [2.05, 4.69) is 5.32 Å². The van der Waals surface area contributed by atoms with Gasteiger partial charge in [0, 0.05) is 56.7 Å². The second kappa shape index (κ2) is 15.1. The Kier molecular flexibility index (Phi) is 11.0. The molecule has 11 nitrogen and oxygen atoms in total. The van der Waals surface area contributed by atoms with E-state index in [1.54, 1.807) is 18.0 Å². The molecule has 14 heteroatoms. The lowest BCUT2D eigenvalue weighted by atomic mass is 9.87. The first-order chi connectivity index (χ1) is 23.9. The van der Waals surface area contributed by atoms with Crippen molar-refractivity contribution in [1.82, 2.24) is 14.4 Å². The molecule has 1 saturated carbocycles. The van der Waals surface area contributed by atoms with Crippen LogP contribution in [-0.2, 0) is 42.4 Å². The normalized spacial score (nSPS) is 22.6. The van der Waals surface area contributed by atoms with Crippen molar-refractivity contribution < 1.29 is 36.7 Å². The average molecular weight is 731 g/mol. The van der Waals surface area contributed by atoms with E-state index in [0.29, 0.717) is 50.9 Å². The lowest BCUT2D eigenvalue weighted by Gasteiger charge is -2.50. The zero-order chi connectivity index (χ0) is 35.6. The van der Waals surface area contributed by atoms with Gasteiger partial charge in [-0.1, -0.05) is 29.8 Å². The molecule has 3 aliphatic rings. The van der Waals surface area contributed by atoms with Crippen LogP contribution in [-0.4, -0.2) is 96.7 Å². The molecule has 2 aliphatic heterocycles. The highest BCUT2D eigenvalue weighted by Gasteiger charge is 2.53. The number of amides is 1. The number of rotatable bonds is 11. The van der Waals surface area contributed by atoms with Crippen molar-refractivity contribution in [3.63, 3.8) is 0 Å². The Morgan fingerprint density at radius 2 is 1.66 bits per heavy atom. The smallest absolute Gasteiger partial charge is 0.308 e. The molecule has 3 fully saturated rings. The first kappa shape index (κ1) is 36.4. The average Bonchev–Trinajstić information content (AvgIpc) is 3.75. The molecule has 1 aliphatic carbocycles. The van der Waals surface area contributed by atoms with Crippen LogP contribution < -0.4 is 5.32 Å². The van der Waals surface area contributed by atoms with E-state index in [1.807, 2.05) is 40.8 Å². The molecule has 0 bridgehead atoms. The molecule has 50 heavy (non-hydrogen) atoms. The summed E-state index contributed by atoms with van der Waals surface area (Å²) in [5, 5.41) is 3.53. The molecule has 1 N–H and O–H groups in total. The van der Waals surface area contributed by atoms with E-state index >= 15 is 4.39 Å². The lowest BCUT2D eigenvalue weighted by Crippen LogP contribution is -2.70. The third kappa shape index (κ3) is 7.48. The van der Waals surface area contributed by atoms with Gasteiger partial charge in [-0.3, -0.25) is 24.2 Å². The van der Waals surface area contributed by atoms with E-state index < -0.39 is 33.2 Å². The number of halogens is 2. The maximum absolute atomic E-state index is 15.9. The molecular weight excluding hydrogens is 687 g/mol. The van der Waals surface area contributed by atoms with Gasteiger partial charge in [-0.05, 0) is 69.2 Å². The Morgan fingerprint density at radius 1 is 1.00 bits per heavy atom. The lowest BCUT2D eigenvalue weighted by molar-refractivity contribution is -0.255. The molecule has 0 spiro atoms. The highest BCUT2D eigenvalue weighted by atomic mass is 35.5. The summed E-state index contributed by atoms with van der Waals surface area (Å²) in [7, 11) is -1.46. The standard InChI is InChI=1S/C36H44ClFN4O7S/c1-3-48-35(45)24-10-12-26(13-11-24)49-36(41-14-6-7-15-41,42-16-18-50(46,47)19-17-42)33(43)21-25-20-29(37)31(22-30(25)38)39-34(44)28-23-40(2)32-9-5-4-8-27(28)32/h4-5,8-9,20,22-24,26H,3,6-7,10-19,21H2,1-2H3,(H,39,44). The number of carbonyl (C=O) groups is 3. The molecule has 2 saturated heterocycles. The number of carbonyl (C=O) groups excluding carboxylic acids is 3. The minimum Gasteiger partial charge on any atom is -0.466 e. The number of aromatic nitrogens is 1. The van der Waals surface area contributed by atoms with E-state index in [9.17, 15) is 22.8 Å². The molecule has 0 radical (unpaired) electrons. The number of Topliss-reactive ketones (excluding diaryl/α,β-unsaturated/α-hetero) is 1. The first-order valence-electron chi connectivity index (χ1n) is 17.3. The zero-order valence-electron chi connectivity index (χ0n) is 28.5. The third-order valence-electron chi connectivity index (χ3n) is 10.2. The van der Waals surface area contributed by atoms with Gasteiger partial charge in [-0.2, -0.15) is 0 Å². The minimum atomic E-state index is -3.29. The largest absolute Gasteiger partial charge is 0.466 e. The fourth-order valence-corrected chi connectivity index (χ4v) is 8.97. The number of benzene rings is 2. The van der Waals surface area contributed by atoms with E-state index in [0.717, 1.165) is 29.8 Å². The van der Waals surface area contributed by atoms with Gasteiger partial charge in [0.2, 0.25) is 5.85 Å². The van der Waals surface area contributed by atoms with Crippen LogP contribution in [0.4, 0.5) is 10.1 Å². The van der Waals surface area contributed by atoms with Gasteiger partial charge in [0.05, 0.1) is 46.4 Å². The van der Waals surface area contributed by atoms with Gasteiger partial charge < -0.3 is 19.4 Å². The summed E-state index contributed by atoms with van der Waals surface area (Å²) < 4.78 is 54.8. The third-order valence-corrected chi connectivity index (χ3v) is 12.1. The van der Waals surface area contributed by atoms with Crippen LogP contribution in [0.2, 0.25) is 5.02 Å². The summed E-state index contributed by atoms with van der Waals surface area (Å²) in [6, 6.07) is 9.92. The molecule has 1 amide bonds. The van der Waals surface area contributed by atoms with Gasteiger partial charge in [0.15, 0.2) is 15.6 Å². The highest BCUT2D eigenvalue weighted by molar-refractivity contribution is 7.91. The topological polar surface area (TPSA) is 127 Å². The van der Waals surface area contributed by atoms with Gasteiger partial charge in [-0.15, -0.1) is 0 Å². The Bertz CT molecular complexity index is 1860. The molecular formula is C36H44ClFN4O7S. The van der Waals surface area contributed by atoms with Gasteiger partial charge in [-0.25, -0.2) is 12.8 Å². The second-order valence-electron chi connectivity index (χ2n) is 13.4. The second-order valence-corrected chi connectivity index (χ2v) is 16.1. The number of ketones is 1. The molecule has 3 aromatic rings. The summed E-state index contributed by atoms with van der Waals surface area (Å²) in [6.07, 6.45) is 4.70. The number of fused-ring (bicyclic) bond motifs is 1. The summed E-state index contributed by atoms with van der Waals surface area (Å²) in [5.74, 6) is -3.96. The van der Waals surface area contributed by atoms with Crippen LogP contribution in [0.25, 0.3) is 10.9 Å². The number of hydrogen-bond acceptors (Lipinski definition) is 9. The van der Waals surface area contributed by atoms with Crippen molar-refractivity contribution in [2.45, 2.75) is 63.8 Å². The van der Waals surface area contributed by atoms with Crippen molar-refractivity contribution in [2.24, 2.45) is 13.0 Å². The number of hydrogen-bond donors (Lipinski definition) is 1. The molecule has 3 heterocycles. The molecule has 1 unspecified atom stereocenters. The number of likely N-dealkylation sites (tertiary alicyclic amines) is 1. The number of sulfone groups is 1. The summed E-state index contributed by atoms with van der Waals surface area (Å²) >= 11 is 6.62. The van der Waals surface area contributed by atoms with Crippen molar-refractivity contribution in [3.05, 3.63) is 64.6 Å². The Labute approximate surface area is 296 Å². The predicted octanol–water partition coefficient (Wildman–Crippen LogP) is 4.95. The first-order valence-corrected chi connectivity index (χ1v) is 19.5. The van der Waals surface area contributed by atoms with Crippen LogP contribution in [0.5, 0.6) is 0 Å². The Hall–Kier alpha value is -3.36. The van der Waals surface area contributed by atoms with E-state index in [4.69, 9.17) is 21.1 Å². The van der Waals surface area contributed by atoms with E-state index in [-0.39, 0.29) is 65.3 Å². The summed E-state index contributed by atoms with van der Waals surface area (Å²) in [6.45, 7) is 3.35. The van der Waals surface area contributed by atoms with Gasteiger partial charge in [0.1, 0.15) is 5.82 Å². The molecule has 2 aromatic carbocycles. The number of esters is 1. The summed E-state index contributed by atoms with van der Waals surface area (Å²) in [4.78, 5) is 44.2. The van der Waals surface area contributed by atoms with Crippen molar-refractivity contribution in [1.29, 1.82) is 0 Å². The number of anilines is 1. The quantitative estimate of drug-likeness (QED) is 0.273. The molecule has 6 rings (SSSR count). The zero-order valence-corrected chi connectivity index (χ0v) is 30.0. The number of ether oxygens (including phenoxy) is 2. The predicted molar refractivity (Wildman–Crippen MR) is 188 cm³/mol. The van der Waals surface area contributed by atoms with Crippen LogP contribution in [0.15, 0.2) is 42.6 Å².